The van der Waals surface area contributed by atoms with Crippen molar-refractivity contribution >= 4 is 5.52 Å². The molecular formula is C14H10F3N3O2. The standard InChI is InChI=1S/C14H10F3N3O2/c15-14(16,17)22-11-3-1-10(2-4-11)8-19-5-6-20-9-18-7-12(20)13(19)21/h1-7,9H,8H2. The number of hydrogen-bond donors (Lipinski definition) is 0. The van der Waals surface area contributed by atoms with E-state index in [0.717, 1.165) is 0 Å². The van der Waals surface area contributed by atoms with Crippen LogP contribution in [0.25, 0.3) is 5.52 Å². The first kappa shape index (κ1) is 14.2. The SMILES string of the molecule is O=c1c2cncn2ccn1Cc1ccc(OC(F)(F)F)cc1. The highest BCUT2D eigenvalue weighted by atomic mass is 19.4. The molecule has 0 N–H and O–H groups in total. The van der Waals surface area contributed by atoms with Crippen LogP contribution in [0.4, 0.5) is 13.2 Å². The summed E-state index contributed by atoms with van der Waals surface area (Å²) in [5, 5.41) is 0. The molecule has 0 fully saturated rings. The molecule has 0 atom stereocenters. The zero-order valence-electron chi connectivity index (χ0n) is 11.1. The van der Waals surface area contributed by atoms with Crippen LogP contribution in [-0.4, -0.2) is 20.3 Å². The van der Waals surface area contributed by atoms with Crippen molar-refractivity contribution in [3.8, 4) is 5.75 Å². The molecule has 8 heteroatoms. The van der Waals surface area contributed by atoms with E-state index in [1.165, 1.54) is 41.4 Å². The number of nitrogens with zero attached hydrogens (tertiary/aromatic N) is 3. The van der Waals surface area contributed by atoms with E-state index in [1.54, 1.807) is 16.8 Å². The summed E-state index contributed by atoms with van der Waals surface area (Å²) in [6.45, 7) is 0.243. The van der Waals surface area contributed by atoms with Crippen LogP contribution in [0.1, 0.15) is 5.56 Å². The number of benzene rings is 1. The van der Waals surface area contributed by atoms with Crippen molar-refractivity contribution in [1.29, 1.82) is 0 Å². The maximum atomic E-state index is 12.2. The third-order valence-electron chi connectivity index (χ3n) is 3.06. The summed E-state index contributed by atoms with van der Waals surface area (Å²) < 4.78 is 43.1. The van der Waals surface area contributed by atoms with E-state index in [1.807, 2.05) is 0 Å². The second kappa shape index (κ2) is 5.21. The van der Waals surface area contributed by atoms with Gasteiger partial charge in [0.15, 0.2) is 0 Å². The minimum absolute atomic E-state index is 0.226. The zero-order chi connectivity index (χ0) is 15.7. The Kier molecular flexibility index (Phi) is 3.36. The lowest BCUT2D eigenvalue weighted by atomic mass is 10.2. The first-order valence-corrected chi connectivity index (χ1v) is 6.28. The van der Waals surface area contributed by atoms with E-state index in [0.29, 0.717) is 11.1 Å². The monoisotopic (exact) mass is 309 g/mol. The maximum absolute atomic E-state index is 12.2. The number of alkyl halides is 3. The lowest BCUT2D eigenvalue weighted by Crippen LogP contribution is -2.21. The van der Waals surface area contributed by atoms with Gasteiger partial charge in [-0.2, -0.15) is 0 Å². The number of rotatable bonds is 3. The van der Waals surface area contributed by atoms with Gasteiger partial charge in [-0.15, -0.1) is 13.2 Å². The van der Waals surface area contributed by atoms with E-state index in [-0.39, 0.29) is 17.9 Å². The van der Waals surface area contributed by atoms with Gasteiger partial charge >= 0.3 is 6.36 Å². The summed E-state index contributed by atoms with van der Waals surface area (Å²) in [6, 6.07) is 5.39. The Bertz CT molecular complexity index is 850. The molecule has 22 heavy (non-hydrogen) atoms. The topological polar surface area (TPSA) is 48.5 Å². The van der Waals surface area contributed by atoms with Gasteiger partial charge in [0.05, 0.1) is 19.1 Å². The highest BCUT2D eigenvalue weighted by Gasteiger charge is 2.30. The van der Waals surface area contributed by atoms with Crippen LogP contribution in [-0.2, 0) is 6.54 Å². The molecule has 3 aromatic rings. The third-order valence-corrected chi connectivity index (χ3v) is 3.06. The Morgan fingerprint density at radius 3 is 2.55 bits per heavy atom. The molecule has 0 aliphatic heterocycles. The fourth-order valence-electron chi connectivity index (χ4n) is 2.07. The smallest absolute Gasteiger partial charge is 0.406 e. The summed E-state index contributed by atoms with van der Waals surface area (Å²) in [7, 11) is 0. The Morgan fingerprint density at radius 2 is 1.86 bits per heavy atom. The van der Waals surface area contributed by atoms with Gasteiger partial charge in [-0.05, 0) is 17.7 Å². The van der Waals surface area contributed by atoms with Crippen molar-refractivity contribution in [1.82, 2.24) is 14.0 Å². The Labute approximate surface area is 122 Å². The Hall–Kier alpha value is -2.77. The molecule has 0 aliphatic carbocycles. The average Bonchev–Trinajstić information content (AvgIpc) is 2.92. The molecule has 0 spiro atoms. The summed E-state index contributed by atoms with van der Waals surface area (Å²) in [4.78, 5) is 16.1. The van der Waals surface area contributed by atoms with Gasteiger partial charge in [0.25, 0.3) is 5.56 Å². The molecule has 0 bridgehead atoms. The van der Waals surface area contributed by atoms with Crippen molar-refractivity contribution in [2.75, 3.05) is 0 Å². The summed E-state index contributed by atoms with van der Waals surface area (Å²) >= 11 is 0. The minimum atomic E-state index is -4.72. The van der Waals surface area contributed by atoms with Gasteiger partial charge in [0.2, 0.25) is 0 Å². The highest BCUT2D eigenvalue weighted by molar-refractivity contribution is 5.41. The predicted octanol–water partition coefficient (Wildman–Crippen LogP) is 2.44. The van der Waals surface area contributed by atoms with Crippen molar-refractivity contribution in [3.05, 3.63) is 65.1 Å². The van der Waals surface area contributed by atoms with Crippen molar-refractivity contribution in [2.24, 2.45) is 0 Å². The number of aromatic nitrogens is 3. The van der Waals surface area contributed by atoms with E-state index in [9.17, 15) is 18.0 Å². The molecule has 1 aromatic carbocycles. The van der Waals surface area contributed by atoms with Gasteiger partial charge in [-0.1, -0.05) is 12.1 Å². The highest BCUT2D eigenvalue weighted by Crippen LogP contribution is 2.22. The molecular weight excluding hydrogens is 299 g/mol. The zero-order valence-corrected chi connectivity index (χ0v) is 11.1. The van der Waals surface area contributed by atoms with Crippen LogP contribution in [0, 0.1) is 0 Å². The van der Waals surface area contributed by atoms with Crippen LogP contribution in [0.5, 0.6) is 5.75 Å². The van der Waals surface area contributed by atoms with Crippen LogP contribution in [0.3, 0.4) is 0 Å². The fraction of sp³-hybridized carbons (Fsp3) is 0.143. The van der Waals surface area contributed by atoms with Crippen LogP contribution >= 0.6 is 0 Å². The summed E-state index contributed by atoms with van der Waals surface area (Å²) in [6.07, 6.45) is 1.54. The van der Waals surface area contributed by atoms with Crippen LogP contribution in [0.2, 0.25) is 0 Å². The molecule has 0 amide bonds. The summed E-state index contributed by atoms with van der Waals surface area (Å²) in [5.74, 6) is -0.296. The first-order chi connectivity index (χ1) is 10.4. The van der Waals surface area contributed by atoms with Gasteiger partial charge < -0.3 is 13.7 Å². The van der Waals surface area contributed by atoms with Crippen molar-refractivity contribution in [3.63, 3.8) is 0 Å². The molecule has 0 aliphatic rings. The molecule has 0 radical (unpaired) electrons. The van der Waals surface area contributed by atoms with Crippen molar-refractivity contribution < 1.29 is 17.9 Å². The van der Waals surface area contributed by atoms with Gasteiger partial charge in [-0.3, -0.25) is 4.79 Å². The molecule has 0 saturated heterocycles. The predicted molar refractivity (Wildman–Crippen MR) is 71.7 cm³/mol. The molecule has 114 valence electrons. The summed E-state index contributed by atoms with van der Waals surface area (Å²) in [5.41, 5.74) is 0.885. The third kappa shape index (κ3) is 2.95. The molecule has 2 heterocycles. The number of imidazole rings is 1. The molecule has 0 unspecified atom stereocenters. The number of halogens is 3. The second-order valence-electron chi connectivity index (χ2n) is 4.61. The molecule has 0 saturated carbocycles. The number of ether oxygens (including phenoxy) is 1. The fourth-order valence-corrected chi connectivity index (χ4v) is 2.07. The second-order valence-corrected chi connectivity index (χ2v) is 4.61. The minimum Gasteiger partial charge on any atom is -0.406 e. The average molecular weight is 309 g/mol. The van der Waals surface area contributed by atoms with Crippen LogP contribution in [0.15, 0.2) is 54.0 Å². The van der Waals surface area contributed by atoms with Gasteiger partial charge in [0.1, 0.15) is 11.3 Å². The number of fused-ring (bicyclic) bond motifs is 1. The van der Waals surface area contributed by atoms with E-state index >= 15 is 0 Å². The lowest BCUT2D eigenvalue weighted by molar-refractivity contribution is -0.274. The molecule has 5 nitrogen and oxygen atoms in total. The van der Waals surface area contributed by atoms with E-state index in [2.05, 4.69) is 9.72 Å². The quantitative estimate of drug-likeness (QED) is 0.746. The van der Waals surface area contributed by atoms with Gasteiger partial charge in [0, 0.05) is 12.4 Å². The first-order valence-electron chi connectivity index (χ1n) is 6.28. The Morgan fingerprint density at radius 1 is 1.14 bits per heavy atom. The van der Waals surface area contributed by atoms with Crippen molar-refractivity contribution in [2.45, 2.75) is 12.9 Å². The lowest BCUT2D eigenvalue weighted by Gasteiger charge is -2.10. The maximum Gasteiger partial charge on any atom is 0.573 e. The normalized spacial score (nSPS) is 11.8. The Balaban J connectivity index is 1.83. The largest absolute Gasteiger partial charge is 0.573 e. The van der Waals surface area contributed by atoms with Crippen LogP contribution < -0.4 is 10.3 Å². The van der Waals surface area contributed by atoms with E-state index < -0.39 is 6.36 Å². The number of hydrogen-bond acceptors (Lipinski definition) is 3. The van der Waals surface area contributed by atoms with Gasteiger partial charge in [-0.25, -0.2) is 4.98 Å². The molecule has 3 rings (SSSR count). The van der Waals surface area contributed by atoms with E-state index in [4.69, 9.17) is 0 Å². The molecule has 2 aromatic heterocycles.